The summed E-state index contributed by atoms with van der Waals surface area (Å²) in [4.78, 5) is 19.1. The summed E-state index contributed by atoms with van der Waals surface area (Å²) in [6.07, 6.45) is -9.98. The van der Waals surface area contributed by atoms with Gasteiger partial charge in [-0.05, 0) is 35.7 Å². The highest BCUT2D eigenvalue weighted by Crippen LogP contribution is 2.36. The number of nitrogens with two attached hydrogens (primary N) is 1. The molecule has 1 unspecified atom stereocenters. The normalized spacial score (nSPS) is 16.7. The van der Waals surface area contributed by atoms with E-state index >= 15 is 0 Å². The van der Waals surface area contributed by atoms with E-state index in [1.165, 1.54) is 11.9 Å². The molecule has 0 aromatic heterocycles. The van der Waals surface area contributed by atoms with Crippen LogP contribution in [0, 0.1) is 0 Å². The first kappa shape index (κ1) is 27.9. The second kappa shape index (κ2) is 11.6. The molecule has 3 rings (SSSR count). The van der Waals surface area contributed by atoms with Crippen molar-refractivity contribution in [2.24, 2.45) is 5.73 Å². The molecule has 1 aliphatic rings. The van der Waals surface area contributed by atoms with Gasteiger partial charge in [-0.2, -0.15) is 26.3 Å². The van der Waals surface area contributed by atoms with Crippen LogP contribution in [-0.2, 0) is 23.6 Å². The maximum Gasteiger partial charge on any atom is 0.416 e. The summed E-state index contributed by atoms with van der Waals surface area (Å²) in [7, 11) is 1.52. The van der Waals surface area contributed by atoms with Gasteiger partial charge in [-0.15, -0.1) is 0 Å². The number of benzene rings is 2. The van der Waals surface area contributed by atoms with Crippen molar-refractivity contribution in [1.82, 2.24) is 14.7 Å². The highest BCUT2D eigenvalue weighted by molar-refractivity contribution is 5.83. The molecule has 0 saturated carbocycles. The smallest absolute Gasteiger partial charge is 0.344 e. The van der Waals surface area contributed by atoms with Crippen LogP contribution in [-0.4, -0.2) is 73.5 Å². The molecule has 0 aliphatic carbocycles. The minimum atomic E-state index is -4.91. The van der Waals surface area contributed by atoms with Crippen molar-refractivity contribution in [3.63, 3.8) is 0 Å². The number of amides is 1. The van der Waals surface area contributed by atoms with Gasteiger partial charge in [0, 0.05) is 52.9 Å². The van der Waals surface area contributed by atoms with E-state index < -0.39 is 29.5 Å². The van der Waals surface area contributed by atoms with Crippen LogP contribution >= 0.6 is 0 Å². The monoisotopic (exact) mass is 516 g/mol. The Balaban J connectivity index is 1.77. The Morgan fingerprint density at radius 1 is 0.944 bits per heavy atom. The molecular formula is C25H30F6N4O. The molecule has 0 bridgehead atoms. The molecule has 5 nitrogen and oxygen atoms in total. The standard InChI is InChI=1S/C25H30F6N4O/c1-33(9-7-18-15-20(24(26,27)28)17-21(16-18)25(29,30)31)23(36)22(19-5-3-2-4-6-19)35-13-11-34(10-8-32)12-14-35/h2-6,15-17,22H,7-14,32H2,1H3. The summed E-state index contributed by atoms with van der Waals surface area (Å²) < 4.78 is 79.1. The van der Waals surface area contributed by atoms with E-state index in [1.54, 1.807) is 0 Å². The van der Waals surface area contributed by atoms with Crippen molar-refractivity contribution >= 4 is 5.91 Å². The molecule has 11 heteroatoms. The van der Waals surface area contributed by atoms with Gasteiger partial charge >= 0.3 is 12.4 Å². The third kappa shape index (κ3) is 7.21. The topological polar surface area (TPSA) is 52.8 Å². The Hall–Kier alpha value is -2.63. The van der Waals surface area contributed by atoms with Gasteiger partial charge in [-0.25, -0.2) is 0 Å². The Bertz CT molecular complexity index is 972. The average molecular weight is 517 g/mol. The van der Waals surface area contributed by atoms with Gasteiger partial charge in [0.25, 0.3) is 0 Å². The highest BCUT2D eigenvalue weighted by Gasteiger charge is 2.37. The van der Waals surface area contributed by atoms with Crippen LogP contribution in [0.3, 0.4) is 0 Å². The molecule has 2 N–H and O–H groups in total. The Labute approximate surface area is 206 Å². The van der Waals surface area contributed by atoms with Crippen LogP contribution in [0.5, 0.6) is 0 Å². The van der Waals surface area contributed by atoms with Gasteiger partial charge in [0.15, 0.2) is 0 Å². The van der Waals surface area contributed by atoms with E-state index in [1.807, 2.05) is 35.2 Å². The number of likely N-dealkylation sites (N-methyl/N-ethyl adjacent to an activating group) is 1. The largest absolute Gasteiger partial charge is 0.416 e. The number of halogens is 6. The first-order valence-electron chi connectivity index (χ1n) is 11.6. The van der Waals surface area contributed by atoms with Crippen LogP contribution in [0.2, 0.25) is 0 Å². The fourth-order valence-corrected chi connectivity index (χ4v) is 4.35. The number of carbonyl (C=O) groups is 1. The zero-order valence-corrected chi connectivity index (χ0v) is 19.9. The average Bonchev–Trinajstić information content (AvgIpc) is 2.83. The second-order valence-corrected chi connectivity index (χ2v) is 8.90. The lowest BCUT2D eigenvalue weighted by atomic mass is 10.0. The second-order valence-electron chi connectivity index (χ2n) is 8.90. The molecule has 1 fully saturated rings. The number of nitrogens with zero attached hydrogens (tertiary/aromatic N) is 3. The van der Waals surface area contributed by atoms with Crippen molar-refractivity contribution < 1.29 is 31.1 Å². The molecule has 1 amide bonds. The van der Waals surface area contributed by atoms with Gasteiger partial charge in [0.05, 0.1) is 11.1 Å². The lowest BCUT2D eigenvalue weighted by molar-refractivity contribution is -0.143. The summed E-state index contributed by atoms with van der Waals surface area (Å²) in [5, 5.41) is 0. The molecule has 1 aliphatic heterocycles. The molecule has 1 heterocycles. The molecule has 198 valence electrons. The van der Waals surface area contributed by atoms with Crippen LogP contribution < -0.4 is 5.73 Å². The van der Waals surface area contributed by atoms with Gasteiger partial charge in [-0.3, -0.25) is 14.6 Å². The van der Waals surface area contributed by atoms with Crippen molar-refractivity contribution in [1.29, 1.82) is 0 Å². The van der Waals surface area contributed by atoms with Gasteiger partial charge in [0.2, 0.25) is 5.91 Å². The van der Waals surface area contributed by atoms with Crippen LogP contribution in [0.15, 0.2) is 48.5 Å². The minimum absolute atomic E-state index is 0.0338. The van der Waals surface area contributed by atoms with Gasteiger partial charge in [-0.1, -0.05) is 30.3 Å². The third-order valence-electron chi connectivity index (χ3n) is 6.33. The number of piperazine rings is 1. The predicted molar refractivity (Wildman–Crippen MR) is 124 cm³/mol. The number of rotatable bonds is 8. The van der Waals surface area contributed by atoms with Crippen molar-refractivity contribution in [2.45, 2.75) is 24.8 Å². The van der Waals surface area contributed by atoms with E-state index in [9.17, 15) is 31.1 Å². The summed E-state index contributed by atoms with van der Waals surface area (Å²) >= 11 is 0. The van der Waals surface area contributed by atoms with E-state index in [0.717, 1.165) is 25.2 Å². The summed E-state index contributed by atoms with van der Waals surface area (Å²) in [6, 6.07) is 10.1. The lowest BCUT2D eigenvalue weighted by Crippen LogP contribution is -2.52. The summed E-state index contributed by atoms with van der Waals surface area (Å²) in [6.45, 7) is 3.99. The lowest BCUT2D eigenvalue weighted by Gasteiger charge is -2.40. The molecule has 2 aromatic rings. The van der Waals surface area contributed by atoms with Crippen LogP contribution in [0.25, 0.3) is 0 Å². The van der Waals surface area contributed by atoms with Crippen molar-refractivity contribution in [2.75, 3.05) is 52.9 Å². The molecule has 36 heavy (non-hydrogen) atoms. The first-order valence-corrected chi connectivity index (χ1v) is 11.6. The van der Waals surface area contributed by atoms with Crippen molar-refractivity contribution in [3.8, 4) is 0 Å². The van der Waals surface area contributed by atoms with Crippen LogP contribution in [0.1, 0.15) is 28.3 Å². The quantitative estimate of drug-likeness (QED) is 0.539. The summed E-state index contributed by atoms with van der Waals surface area (Å²) in [5.41, 5.74) is 3.56. The third-order valence-corrected chi connectivity index (χ3v) is 6.33. The number of hydrogen-bond acceptors (Lipinski definition) is 4. The van der Waals surface area contributed by atoms with Gasteiger partial charge < -0.3 is 10.6 Å². The van der Waals surface area contributed by atoms with E-state index in [0.29, 0.717) is 31.8 Å². The Morgan fingerprint density at radius 3 is 2.00 bits per heavy atom. The van der Waals surface area contributed by atoms with E-state index in [-0.39, 0.29) is 30.5 Å². The van der Waals surface area contributed by atoms with Crippen molar-refractivity contribution in [3.05, 3.63) is 70.8 Å². The maximum absolute atomic E-state index is 13.5. The fraction of sp³-hybridized carbons (Fsp3) is 0.480. The Kier molecular flexibility index (Phi) is 9.02. The van der Waals surface area contributed by atoms with Crippen LogP contribution in [0.4, 0.5) is 26.3 Å². The molecular weight excluding hydrogens is 486 g/mol. The molecule has 1 saturated heterocycles. The molecule has 0 radical (unpaired) electrons. The molecule has 0 spiro atoms. The highest BCUT2D eigenvalue weighted by atomic mass is 19.4. The maximum atomic E-state index is 13.5. The zero-order valence-electron chi connectivity index (χ0n) is 19.9. The van der Waals surface area contributed by atoms with Gasteiger partial charge in [0.1, 0.15) is 6.04 Å². The zero-order chi connectivity index (χ0) is 26.5. The predicted octanol–water partition coefficient (Wildman–Crippen LogP) is 4.04. The van der Waals surface area contributed by atoms with E-state index in [4.69, 9.17) is 5.73 Å². The minimum Gasteiger partial charge on any atom is -0.344 e. The first-order chi connectivity index (χ1) is 16.9. The molecule has 2 aromatic carbocycles. The Morgan fingerprint density at radius 2 is 1.50 bits per heavy atom. The summed E-state index contributed by atoms with van der Waals surface area (Å²) in [5.74, 6) is -0.267. The number of alkyl halides is 6. The SMILES string of the molecule is CN(CCc1cc(C(F)(F)F)cc(C(F)(F)F)c1)C(=O)C(c1ccccc1)N1CCN(CCN)CC1. The molecule has 1 atom stereocenters. The number of hydrogen-bond donors (Lipinski definition) is 1. The van der Waals surface area contributed by atoms with E-state index in [2.05, 4.69) is 4.90 Å². The number of carbonyl (C=O) groups excluding carboxylic acids is 1. The fourth-order valence-electron chi connectivity index (χ4n) is 4.35.